The van der Waals surface area contributed by atoms with E-state index in [2.05, 4.69) is 10.3 Å². The first-order chi connectivity index (χ1) is 11.4. The van der Waals surface area contributed by atoms with Gasteiger partial charge in [0, 0.05) is 11.8 Å². The first kappa shape index (κ1) is 15.9. The highest BCUT2D eigenvalue weighted by Crippen LogP contribution is 2.14. The van der Waals surface area contributed by atoms with Crippen LogP contribution in [0.5, 0.6) is 0 Å². The van der Waals surface area contributed by atoms with Crippen LogP contribution in [0.3, 0.4) is 0 Å². The van der Waals surface area contributed by atoms with E-state index in [9.17, 15) is 9.59 Å². The molecule has 0 spiro atoms. The Morgan fingerprint density at radius 1 is 1.04 bits per heavy atom. The Hall–Kier alpha value is -2.95. The average Bonchev–Trinajstić information content (AvgIpc) is 2.53. The van der Waals surface area contributed by atoms with E-state index < -0.39 is 0 Å². The molecule has 0 aliphatic rings. The summed E-state index contributed by atoms with van der Waals surface area (Å²) in [6.07, 6.45) is 1.67. The third-order valence-electron chi connectivity index (χ3n) is 4.17. The minimum Gasteiger partial charge on any atom is -0.316 e. The Morgan fingerprint density at radius 3 is 2.50 bits per heavy atom. The second kappa shape index (κ2) is 5.92. The fraction of sp³-hybridized carbons (Fsp3) is 0.211. The number of nitrogens with zero attached hydrogens (tertiary/aromatic N) is 2. The van der Waals surface area contributed by atoms with Gasteiger partial charge in [0.05, 0.1) is 5.69 Å². The molecule has 0 unspecified atom stereocenters. The van der Waals surface area contributed by atoms with Gasteiger partial charge in [0.2, 0.25) is 0 Å². The van der Waals surface area contributed by atoms with Gasteiger partial charge in [-0.1, -0.05) is 6.07 Å². The summed E-state index contributed by atoms with van der Waals surface area (Å²) in [6, 6.07) is 9.13. The molecule has 1 aromatic carbocycles. The maximum Gasteiger partial charge on any atom is 0.281 e. The number of hydrogen-bond acceptors (Lipinski definition) is 3. The number of amides is 1. The number of aromatic nitrogens is 2. The first-order valence-corrected chi connectivity index (χ1v) is 7.75. The van der Waals surface area contributed by atoms with Gasteiger partial charge in [-0.3, -0.25) is 14.0 Å². The van der Waals surface area contributed by atoms with Crippen molar-refractivity contribution in [3.05, 3.63) is 74.8 Å². The van der Waals surface area contributed by atoms with Crippen LogP contribution in [0.1, 0.15) is 32.7 Å². The van der Waals surface area contributed by atoms with Crippen molar-refractivity contribution >= 4 is 17.2 Å². The Bertz CT molecular complexity index is 1020. The normalized spacial score (nSPS) is 10.8. The molecule has 0 saturated heterocycles. The monoisotopic (exact) mass is 321 g/mol. The zero-order valence-electron chi connectivity index (χ0n) is 14.2. The number of carbonyl (C=O) groups excluding carboxylic acids is 1. The van der Waals surface area contributed by atoms with E-state index in [1.54, 1.807) is 19.2 Å². The number of carbonyl (C=O) groups is 1. The largest absolute Gasteiger partial charge is 0.316 e. The standard InChI is InChI=1S/C19H19N3O2/c1-11-7-8-22-16(9-11)20-14(4)17(19(22)24)21-18(23)15-6-5-12(2)13(3)10-15/h5-10H,1-4H3,(H,21,23). The van der Waals surface area contributed by atoms with Crippen LogP contribution in [-0.4, -0.2) is 15.3 Å². The van der Waals surface area contributed by atoms with Gasteiger partial charge in [-0.15, -0.1) is 0 Å². The number of fused-ring (bicyclic) bond motifs is 1. The summed E-state index contributed by atoms with van der Waals surface area (Å²) in [5, 5.41) is 2.71. The lowest BCUT2D eigenvalue weighted by Gasteiger charge is -2.10. The third kappa shape index (κ3) is 2.80. The van der Waals surface area contributed by atoms with Gasteiger partial charge in [-0.25, -0.2) is 4.98 Å². The quantitative estimate of drug-likeness (QED) is 0.788. The van der Waals surface area contributed by atoms with Crippen LogP contribution < -0.4 is 10.9 Å². The third-order valence-corrected chi connectivity index (χ3v) is 4.17. The summed E-state index contributed by atoms with van der Waals surface area (Å²) >= 11 is 0. The Labute approximate surface area is 140 Å². The number of rotatable bonds is 2. The highest BCUT2D eigenvalue weighted by molar-refractivity contribution is 6.04. The van der Waals surface area contributed by atoms with E-state index in [4.69, 9.17) is 0 Å². The zero-order valence-corrected chi connectivity index (χ0v) is 14.2. The minimum atomic E-state index is -0.313. The highest BCUT2D eigenvalue weighted by atomic mass is 16.2. The van der Waals surface area contributed by atoms with Crippen LogP contribution in [0.2, 0.25) is 0 Å². The molecule has 0 saturated carbocycles. The SMILES string of the molecule is Cc1ccn2c(=O)c(NC(=O)c3ccc(C)c(C)c3)c(C)nc2c1. The average molecular weight is 321 g/mol. The van der Waals surface area contributed by atoms with Gasteiger partial charge in [0.25, 0.3) is 11.5 Å². The van der Waals surface area contributed by atoms with Crippen molar-refractivity contribution < 1.29 is 4.79 Å². The maximum atomic E-state index is 12.7. The molecule has 24 heavy (non-hydrogen) atoms. The van der Waals surface area contributed by atoms with E-state index in [0.717, 1.165) is 16.7 Å². The van der Waals surface area contributed by atoms with Crippen LogP contribution in [0.25, 0.3) is 5.65 Å². The fourth-order valence-corrected chi connectivity index (χ4v) is 2.56. The Balaban J connectivity index is 2.03. The number of nitrogens with one attached hydrogen (secondary N) is 1. The van der Waals surface area contributed by atoms with E-state index in [-0.39, 0.29) is 17.2 Å². The highest BCUT2D eigenvalue weighted by Gasteiger charge is 2.14. The van der Waals surface area contributed by atoms with Gasteiger partial charge in [-0.05, 0) is 68.7 Å². The molecule has 5 nitrogen and oxygen atoms in total. The predicted molar refractivity (Wildman–Crippen MR) is 94.8 cm³/mol. The zero-order chi connectivity index (χ0) is 17.4. The summed E-state index contributed by atoms with van der Waals surface area (Å²) in [5.41, 5.74) is 4.69. The number of aryl methyl sites for hydroxylation is 4. The van der Waals surface area contributed by atoms with Crippen LogP contribution in [0.15, 0.2) is 41.3 Å². The van der Waals surface area contributed by atoms with Crippen LogP contribution in [-0.2, 0) is 0 Å². The van der Waals surface area contributed by atoms with Crippen molar-refractivity contribution in [3.63, 3.8) is 0 Å². The van der Waals surface area contributed by atoms with Crippen molar-refractivity contribution in [1.82, 2.24) is 9.38 Å². The molecule has 5 heteroatoms. The molecule has 3 rings (SSSR count). The van der Waals surface area contributed by atoms with Gasteiger partial charge >= 0.3 is 0 Å². The molecule has 0 bridgehead atoms. The molecule has 122 valence electrons. The van der Waals surface area contributed by atoms with E-state index >= 15 is 0 Å². The van der Waals surface area contributed by atoms with Crippen molar-refractivity contribution in [1.29, 1.82) is 0 Å². The molecule has 3 aromatic rings. The summed E-state index contributed by atoms with van der Waals surface area (Å²) in [6.45, 7) is 7.60. The van der Waals surface area contributed by atoms with Crippen LogP contribution in [0, 0.1) is 27.7 Å². The van der Waals surface area contributed by atoms with E-state index in [0.29, 0.717) is 16.9 Å². The lowest BCUT2D eigenvalue weighted by atomic mass is 10.1. The molecule has 0 aliphatic carbocycles. The molecule has 2 aromatic heterocycles. The molecular formula is C19H19N3O2. The van der Waals surface area contributed by atoms with Crippen LogP contribution in [0.4, 0.5) is 5.69 Å². The lowest BCUT2D eigenvalue weighted by Crippen LogP contribution is -2.25. The smallest absolute Gasteiger partial charge is 0.281 e. The molecule has 0 aliphatic heterocycles. The van der Waals surface area contributed by atoms with Gasteiger partial charge in [0.1, 0.15) is 11.3 Å². The second-order valence-corrected chi connectivity index (χ2v) is 6.06. The van der Waals surface area contributed by atoms with Gasteiger partial charge in [-0.2, -0.15) is 0 Å². The summed E-state index contributed by atoms with van der Waals surface area (Å²) in [4.78, 5) is 29.6. The summed E-state index contributed by atoms with van der Waals surface area (Å²) in [7, 11) is 0. The van der Waals surface area contributed by atoms with E-state index in [1.807, 2.05) is 45.0 Å². The molecule has 2 heterocycles. The number of anilines is 1. The minimum absolute atomic E-state index is 0.208. The Morgan fingerprint density at radius 2 is 1.79 bits per heavy atom. The van der Waals surface area contributed by atoms with Crippen molar-refractivity contribution in [2.24, 2.45) is 0 Å². The first-order valence-electron chi connectivity index (χ1n) is 7.75. The van der Waals surface area contributed by atoms with Crippen molar-refractivity contribution in [2.45, 2.75) is 27.7 Å². The number of benzene rings is 1. The molecule has 1 amide bonds. The maximum absolute atomic E-state index is 12.7. The van der Waals surface area contributed by atoms with Gasteiger partial charge < -0.3 is 5.32 Å². The molecular weight excluding hydrogens is 302 g/mol. The molecule has 0 atom stereocenters. The Kier molecular flexibility index (Phi) is 3.93. The lowest BCUT2D eigenvalue weighted by molar-refractivity contribution is 0.102. The summed E-state index contributed by atoms with van der Waals surface area (Å²) < 4.78 is 1.44. The predicted octanol–water partition coefficient (Wildman–Crippen LogP) is 3.18. The fourth-order valence-electron chi connectivity index (χ4n) is 2.56. The molecule has 1 N–H and O–H groups in total. The summed E-state index contributed by atoms with van der Waals surface area (Å²) in [5.74, 6) is -0.313. The number of pyridine rings is 1. The van der Waals surface area contributed by atoms with Gasteiger partial charge in [0.15, 0.2) is 0 Å². The second-order valence-electron chi connectivity index (χ2n) is 6.06. The molecule has 0 radical (unpaired) electrons. The topological polar surface area (TPSA) is 63.5 Å². The number of hydrogen-bond donors (Lipinski definition) is 1. The van der Waals surface area contributed by atoms with Crippen molar-refractivity contribution in [3.8, 4) is 0 Å². The molecule has 0 fully saturated rings. The van der Waals surface area contributed by atoms with Crippen LogP contribution >= 0.6 is 0 Å². The van der Waals surface area contributed by atoms with E-state index in [1.165, 1.54) is 4.40 Å². The van der Waals surface area contributed by atoms with Crippen molar-refractivity contribution in [2.75, 3.05) is 5.32 Å².